The normalized spacial score (nSPS) is 10.4. The molecule has 0 aliphatic rings. The van der Waals surface area contributed by atoms with E-state index in [9.17, 15) is 13.6 Å². The van der Waals surface area contributed by atoms with Crippen molar-refractivity contribution in [3.8, 4) is 0 Å². The van der Waals surface area contributed by atoms with E-state index in [1.807, 2.05) is 0 Å². The zero-order valence-corrected chi connectivity index (χ0v) is 13.7. The SMILES string of the molecule is O=C(NCc1ccccc1F)c1ccnc(NCc2ccccc2F)n1. The van der Waals surface area contributed by atoms with Gasteiger partial charge < -0.3 is 10.6 Å². The van der Waals surface area contributed by atoms with E-state index in [1.165, 1.54) is 24.4 Å². The van der Waals surface area contributed by atoms with Gasteiger partial charge in [0.1, 0.15) is 17.3 Å². The predicted molar refractivity (Wildman–Crippen MR) is 93.3 cm³/mol. The van der Waals surface area contributed by atoms with E-state index in [4.69, 9.17) is 0 Å². The second-order valence-electron chi connectivity index (χ2n) is 5.48. The zero-order valence-electron chi connectivity index (χ0n) is 13.7. The molecular formula is C19H16F2N4O. The fourth-order valence-electron chi connectivity index (χ4n) is 2.29. The minimum Gasteiger partial charge on any atom is -0.350 e. The molecule has 26 heavy (non-hydrogen) atoms. The largest absolute Gasteiger partial charge is 0.350 e. The monoisotopic (exact) mass is 354 g/mol. The summed E-state index contributed by atoms with van der Waals surface area (Å²) in [6, 6.07) is 14.0. The third kappa shape index (κ3) is 4.38. The third-order valence-electron chi connectivity index (χ3n) is 3.68. The molecule has 0 saturated heterocycles. The molecule has 0 radical (unpaired) electrons. The average Bonchev–Trinajstić information content (AvgIpc) is 2.67. The van der Waals surface area contributed by atoms with Crippen molar-refractivity contribution in [2.24, 2.45) is 0 Å². The lowest BCUT2D eigenvalue weighted by molar-refractivity contribution is 0.0945. The van der Waals surface area contributed by atoms with Crippen molar-refractivity contribution in [3.63, 3.8) is 0 Å². The summed E-state index contributed by atoms with van der Waals surface area (Å²) in [5.74, 6) is -0.974. The molecule has 0 bridgehead atoms. The van der Waals surface area contributed by atoms with Gasteiger partial charge >= 0.3 is 0 Å². The van der Waals surface area contributed by atoms with Gasteiger partial charge in [0.05, 0.1) is 0 Å². The number of halogens is 2. The number of benzene rings is 2. The molecule has 1 heterocycles. The molecule has 0 unspecified atom stereocenters. The molecule has 0 atom stereocenters. The fraction of sp³-hybridized carbons (Fsp3) is 0.105. The van der Waals surface area contributed by atoms with Crippen molar-refractivity contribution in [2.75, 3.05) is 5.32 Å². The number of hydrogen-bond acceptors (Lipinski definition) is 4. The maximum atomic E-state index is 13.6. The Hall–Kier alpha value is -3.35. The Balaban J connectivity index is 1.62. The van der Waals surface area contributed by atoms with Crippen LogP contribution in [0.4, 0.5) is 14.7 Å². The lowest BCUT2D eigenvalue weighted by Gasteiger charge is -2.08. The highest BCUT2D eigenvalue weighted by atomic mass is 19.1. The predicted octanol–water partition coefficient (Wildman–Crippen LogP) is 3.30. The molecule has 0 fully saturated rings. The summed E-state index contributed by atoms with van der Waals surface area (Å²) in [5, 5.41) is 5.49. The maximum Gasteiger partial charge on any atom is 0.270 e. The fourth-order valence-corrected chi connectivity index (χ4v) is 2.29. The van der Waals surface area contributed by atoms with E-state index in [0.29, 0.717) is 11.1 Å². The summed E-state index contributed by atoms with van der Waals surface area (Å²) < 4.78 is 27.2. The second kappa shape index (κ2) is 8.15. The van der Waals surface area contributed by atoms with Gasteiger partial charge in [0.2, 0.25) is 5.95 Å². The first-order chi connectivity index (χ1) is 12.6. The molecular weight excluding hydrogens is 338 g/mol. The van der Waals surface area contributed by atoms with Gasteiger partial charge in [-0.2, -0.15) is 0 Å². The second-order valence-corrected chi connectivity index (χ2v) is 5.48. The Bertz CT molecular complexity index is 917. The summed E-state index contributed by atoms with van der Waals surface area (Å²) in [5.41, 5.74) is 0.977. The highest BCUT2D eigenvalue weighted by Crippen LogP contribution is 2.09. The number of nitrogens with zero attached hydrogens (tertiary/aromatic N) is 2. The third-order valence-corrected chi connectivity index (χ3v) is 3.68. The standard InChI is InChI=1S/C19H16F2N4O/c20-15-7-3-1-5-13(15)11-23-18(26)17-9-10-22-19(25-17)24-12-14-6-2-4-8-16(14)21/h1-10H,11-12H2,(H,23,26)(H,22,24,25). The maximum absolute atomic E-state index is 13.6. The Labute approximate surface area is 149 Å². The van der Waals surface area contributed by atoms with Gasteiger partial charge in [-0.15, -0.1) is 0 Å². The number of anilines is 1. The summed E-state index contributed by atoms with van der Waals surface area (Å²) >= 11 is 0. The van der Waals surface area contributed by atoms with Gasteiger partial charge in [-0.05, 0) is 18.2 Å². The Morgan fingerprint density at radius 3 is 2.15 bits per heavy atom. The van der Waals surface area contributed by atoms with E-state index >= 15 is 0 Å². The van der Waals surface area contributed by atoms with Gasteiger partial charge in [0.15, 0.2) is 0 Å². The van der Waals surface area contributed by atoms with Gasteiger partial charge in [0.25, 0.3) is 5.91 Å². The van der Waals surface area contributed by atoms with Gasteiger partial charge in [-0.3, -0.25) is 4.79 Å². The number of rotatable bonds is 6. The lowest BCUT2D eigenvalue weighted by Crippen LogP contribution is -2.24. The van der Waals surface area contributed by atoms with Crippen LogP contribution in [0, 0.1) is 11.6 Å². The van der Waals surface area contributed by atoms with Crippen molar-refractivity contribution >= 4 is 11.9 Å². The number of hydrogen-bond donors (Lipinski definition) is 2. The quantitative estimate of drug-likeness (QED) is 0.713. The highest BCUT2D eigenvalue weighted by Gasteiger charge is 2.10. The number of amides is 1. The molecule has 2 N–H and O–H groups in total. The summed E-state index contributed by atoms with van der Waals surface area (Å²) in [7, 11) is 0. The Kier molecular flexibility index (Phi) is 5.48. The smallest absolute Gasteiger partial charge is 0.270 e. The molecule has 2 aromatic carbocycles. The number of carbonyl (C=O) groups excluding carboxylic acids is 1. The minimum atomic E-state index is -0.454. The first kappa shape index (κ1) is 17.5. The van der Waals surface area contributed by atoms with Crippen LogP contribution in [0.1, 0.15) is 21.6 Å². The molecule has 132 valence electrons. The average molecular weight is 354 g/mol. The van der Waals surface area contributed by atoms with Gasteiger partial charge in [-0.25, -0.2) is 18.7 Å². The van der Waals surface area contributed by atoms with Crippen molar-refractivity contribution < 1.29 is 13.6 Å². The topological polar surface area (TPSA) is 66.9 Å². The molecule has 3 aromatic rings. The first-order valence-electron chi connectivity index (χ1n) is 7.95. The lowest BCUT2D eigenvalue weighted by atomic mass is 10.2. The molecule has 0 saturated carbocycles. The van der Waals surface area contributed by atoms with E-state index in [0.717, 1.165) is 0 Å². The van der Waals surface area contributed by atoms with Crippen LogP contribution in [0.2, 0.25) is 0 Å². The Morgan fingerprint density at radius 2 is 1.50 bits per heavy atom. The van der Waals surface area contributed by atoms with Crippen LogP contribution in [0.3, 0.4) is 0 Å². The van der Waals surface area contributed by atoms with Crippen molar-refractivity contribution in [1.29, 1.82) is 0 Å². The van der Waals surface area contributed by atoms with Crippen LogP contribution in [0.15, 0.2) is 60.8 Å². The highest BCUT2D eigenvalue weighted by molar-refractivity contribution is 5.92. The van der Waals surface area contributed by atoms with Crippen LogP contribution < -0.4 is 10.6 Å². The summed E-state index contributed by atoms with van der Waals surface area (Å²) in [4.78, 5) is 20.3. The van der Waals surface area contributed by atoms with E-state index in [2.05, 4.69) is 20.6 Å². The number of carbonyl (C=O) groups is 1. The molecule has 0 spiro atoms. The van der Waals surface area contributed by atoms with Crippen LogP contribution in [0.5, 0.6) is 0 Å². The molecule has 0 aliphatic heterocycles. The van der Waals surface area contributed by atoms with Crippen LogP contribution >= 0.6 is 0 Å². The van der Waals surface area contributed by atoms with E-state index < -0.39 is 5.91 Å². The van der Waals surface area contributed by atoms with Crippen molar-refractivity contribution in [3.05, 3.63) is 89.2 Å². The van der Waals surface area contributed by atoms with Crippen LogP contribution in [-0.4, -0.2) is 15.9 Å². The van der Waals surface area contributed by atoms with Crippen LogP contribution in [-0.2, 0) is 13.1 Å². The van der Waals surface area contributed by atoms with E-state index in [-0.39, 0.29) is 36.4 Å². The Morgan fingerprint density at radius 1 is 0.885 bits per heavy atom. The number of nitrogens with one attached hydrogen (secondary N) is 2. The summed E-state index contributed by atoms with van der Waals surface area (Å²) in [6.45, 7) is 0.237. The number of aromatic nitrogens is 2. The van der Waals surface area contributed by atoms with Gasteiger partial charge in [-0.1, -0.05) is 36.4 Å². The summed E-state index contributed by atoms with van der Waals surface area (Å²) in [6.07, 6.45) is 1.43. The zero-order chi connectivity index (χ0) is 18.4. The molecule has 1 amide bonds. The minimum absolute atomic E-state index is 0.0491. The van der Waals surface area contributed by atoms with Crippen molar-refractivity contribution in [1.82, 2.24) is 15.3 Å². The van der Waals surface area contributed by atoms with Crippen molar-refractivity contribution in [2.45, 2.75) is 13.1 Å². The molecule has 0 aliphatic carbocycles. The van der Waals surface area contributed by atoms with Gasteiger partial charge in [0, 0.05) is 30.4 Å². The van der Waals surface area contributed by atoms with E-state index in [1.54, 1.807) is 36.4 Å². The molecule has 7 heteroatoms. The molecule has 1 aromatic heterocycles. The molecule has 3 rings (SSSR count). The first-order valence-corrected chi connectivity index (χ1v) is 7.95. The van der Waals surface area contributed by atoms with Crippen LogP contribution in [0.25, 0.3) is 0 Å². The molecule has 5 nitrogen and oxygen atoms in total.